The number of amides is 1. The van der Waals surface area contributed by atoms with Crippen LogP contribution in [0.25, 0.3) is 0 Å². The smallest absolute Gasteiger partial charge is 0.266 e. The van der Waals surface area contributed by atoms with Crippen LogP contribution in [0.1, 0.15) is 51.9 Å². The summed E-state index contributed by atoms with van der Waals surface area (Å²) in [7, 11) is -3.99. The fourth-order valence-corrected chi connectivity index (χ4v) is 2.56. The largest absolute Gasteiger partial charge is 0.351 e. The maximum atomic E-state index is 11.6. The Kier molecular flexibility index (Phi) is 12.4. The molecule has 0 heterocycles. The van der Waals surface area contributed by atoms with Crippen molar-refractivity contribution in [2.24, 2.45) is 0 Å². The van der Waals surface area contributed by atoms with Crippen molar-refractivity contribution in [3.05, 3.63) is 12.2 Å². The Balaban J connectivity index is 4.13. The molecule has 3 N–H and O–H groups in total. The van der Waals surface area contributed by atoms with Gasteiger partial charge in [-0.1, -0.05) is 32.3 Å². The van der Waals surface area contributed by atoms with E-state index in [4.69, 9.17) is 4.55 Å². The van der Waals surface area contributed by atoms with Crippen LogP contribution in [0.5, 0.6) is 0 Å². The van der Waals surface area contributed by atoms with Gasteiger partial charge in [-0.3, -0.25) is 9.35 Å². The van der Waals surface area contributed by atoms with Gasteiger partial charge in [-0.05, 0) is 19.8 Å². The van der Waals surface area contributed by atoms with Gasteiger partial charge in [-0.2, -0.15) is 8.42 Å². The molecule has 0 saturated heterocycles. The lowest BCUT2D eigenvalue weighted by Crippen LogP contribution is -2.42. The van der Waals surface area contributed by atoms with E-state index in [1.54, 1.807) is 6.92 Å². The van der Waals surface area contributed by atoms with Crippen molar-refractivity contribution < 1.29 is 22.6 Å². The van der Waals surface area contributed by atoms with E-state index in [1.165, 1.54) is 0 Å². The molecule has 0 bridgehead atoms. The third-order valence-electron chi connectivity index (χ3n) is 3.56. The zero-order valence-corrected chi connectivity index (χ0v) is 15.2. The molecule has 7 nitrogen and oxygen atoms in total. The number of hydrogen-bond donors (Lipinski definition) is 3. The van der Waals surface area contributed by atoms with Crippen LogP contribution in [-0.2, 0) is 19.7 Å². The molecule has 24 heavy (non-hydrogen) atoms. The second-order valence-electron chi connectivity index (χ2n) is 5.94. The van der Waals surface area contributed by atoms with Gasteiger partial charge in [0.05, 0.1) is 5.75 Å². The van der Waals surface area contributed by atoms with Crippen LogP contribution in [0.3, 0.4) is 0 Å². The maximum absolute atomic E-state index is 11.6. The van der Waals surface area contributed by atoms with Gasteiger partial charge in [0.2, 0.25) is 5.91 Å². The second-order valence-corrected chi connectivity index (χ2v) is 7.51. The Labute approximate surface area is 145 Å². The average Bonchev–Trinajstić information content (AvgIpc) is 2.49. The zero-order valence-electron chi connectivity index (χ0n) is 14.4. The Morgan fingerprint density at radius 3 is 2.42 bits per heavy atom. The summed E-state index contributed by atoms with van der Waals surface area (Å²) in [5.74, 6) is -0.589. The molecule has 0 aromatic rings. The Hall–Kier alpha value is -1.25. The van der Waals surface area contributed by atoms with Crippen molar-refractivity contribution in [2.75, 3.05) is 18.8 Å². The fourth-order valence-electron chi connectivity index (χ4n) is 2.18. The first-order chi connectivity index (χ1) is 11.3. The first-order valence-corrected chi connectivity index (χ1v) is 9.93. The molecule has 0 spiro atoms. The molecule has 0 aliphatic rings. The maximum Gasteiger partial charge on any atom is 0.266 e. The Morgan fingerprint density at radius 2 is 1.83 bits per heavy atom. The van der Waals surface area contributed by atoms with E-state index in [0.717, 1.165) is 44.8 Å². The molecule has 0 aliphatic carbocycles. The van der Waals surface area contributed by atoms with Crippen LogP contribution in [0, 0.1) is 0 Å². The second kappa shape index (κ2) is 13.1. The first kappa shape index (κ1) is 22.8. The van der Waals surface area contributed by atoms with Gasteiger partial charge in [-0.15, -0.1) is 0 Å². The number of aldehydes is 1. The number of carbonyl (C=O) groups excluding carboxylic acids is 2. The lowest BCUT2D eigenvalue weighted by Gasteiger charge is -2.19. The number of rotatable bonds is 15. The number of nitrogens with one attached hydrogen (secondary N) is 2. The lowest BCUT2D eigenvalue weighted by molar-refractivity contribution is -0.117. The van der Waals surface area contributed by atoms with Crippen LogP contribution in [0.4, 0.5) is 0 Å². The molecule has 0 aromatic heterocycles. The quantitative estimate of drug-likeness (QED) is 0.176. The van der Waals surface area contributed by atoms with Crippen molar-refractivity contribution in [3.8, 4) is 0 Å². The molecular weight excluding hydrogens is 332 g/mol. The molecule has 140 valence electrons. The van der Waals surface area contributed by atoms with Crippen molar-refractivity contribution in [3.63, 3.8) is 0 Å². The Bertz CT molecular complexity index is 491. The number of hydrogen-bond acceptors (Lipinski definition) is 5. The summed E-state index contributed by atoms with van der Waals surface area (Å²) in [4.78, 5) is 21.8. The molecule has 0 fully saturated rings. The van der Waals surface area contributed by atoms with Gasteiger partial charge in [0.1, 0.15) is 6.29 Å². The highest BCUT2D eigenvalue weighted by atomic mass is 32.2. The topological polar surface area (TPSA) is 113 Å². The Morgan fingerprint density at radius 1 is 1.21 bits per heavy atom. The van der Waals surface area contributed by atoms with E-state index in [0.29, 0.717) is 18.5 Å². The van der Waals surface area contributed by atoms with Crippen LogP contribution < -0.4 is 10.6 Å². The van der Waals surface area contributed by atoms with Crippen LogP contribution >= 0.6 is 0 Å². The predicted molar refractivity (Wildman–Crippen MR) is 94.4 cm³/mol. The summed E-state index contributed by atoms with van der Waals surface area (Å²) in [6, 6.07) is -0.0648. The summed E-state index contributed by atoms with van der Waals surface area (Å²) in [5.41, 5.74) is 0.418. The molecule has 8 heteroatoms. The van der Waals surface area contributed by atoms with E-state index >= 15 is 0 Å². The van der Waals surface area contributed by atoms with Crippen molar-refractivity contribution >= 4 is 22.3 Å². The molecule has 1 unspecified atom stereocenters. The normalized spacial score (nSPS) is 12.6. The van der Waals surface area contributed by atoms with Gasteiger partial charge >= 0.3 is 0 Å². The van der Waals surface area contributed by atoms with Crippen molar-refractivity contribution in [1.82, 2.24) is 10.6 Å². The monoisotopic (exact) mass is 362 g/mol. The van der Waals surface area contributed by atoms with Crippen molar-refractivity contribution in [2.45, 2.75) is 57.9 Å². The molecular formula is C16H30N2O5S. The van der Waals surface area contributed by atoms with Gasteiger partial charge < -0.3 is 15.4 Å². The highest BCUT2D eigenvalue weighted by Crippen LogP contribution is 2.08. The third-order valence-corrected chi connectivity index (χ3v) is 4.28. The van der Waals surface area contributed by atoms with E-state index < -0.39 is 10.1 Å². The predicted octanol–water partition coefficient (Wildman–Crippen LogP) is 1.45. The lowest BCUT2D eigenvalue weighted by atomic mass is 10.1. The molecule has 0 aromatic carbocycles. The summed E-state index contributed by atoms with van der Waals surface area (Å²) >= 11 is 0. The van der Waals surface area contributed by atoms with Gasteiger partial charge in [0.15, 0.2) is 0 Å². The number of unbranched alkanes of at least 4 members (excludes halogenated alkanes) is 5. The third kappa shape index (κ3) is 14.3. The average molecular weight is 362 g/mol. The minimum absolute atomic E-state index is 0.0648. The van der Waals surface area contributed by atoms with Crippen molar-refractivity contribution in [1.29, 1.82) is 0 Å². The molecule has 0 saturated carbocycles. The molecule has 0 radical (unpaired) electrons. The van der Waals surface area contributed by atoms with Gasteiger partial charge in [0, 0.05) is 31.1 Å². The minimum Gasteiger partial charge on any atom is -0.351 e. The summed E-state index contributed by atoms with van der Waals surface area (Å²) < 4.78 is 30.3. The van der Waals surface area contributed by atoms with E-state index in [2.05, 4.69) is 17.2 Å². The van der Waals surface area contributed by atoms with E-state index in [1.807, 2.05) is 0 Å². The SMILES string of the molecule is C=C(C)C(=O)NCC(CCCCCCCC=O)NCCS(=O)(=O)O. The summed E-state index contributed by atoms with van der Waals surface area (Å²) in [6.07, 6.45) is 7.25. The molecule has 1 atom stereocenters. The molecule has 0 aliphatic heterocycles. The van der Waals surface area contributed by atoms with Gasteiger partial charge in [-0.25, -0.2) is 0 Å². The zero-order chi connectivity index (χ0) is 18.4. The fraction of sp³-hybridized carbons (Fsp3) is 0.750. The summed E-state index contributed by atoms with van der Waals surface area (Å²) in [6.45, 7) is 5.70. The van der Waals surface area contributed by atoms with Gasteiger partial charge in [0.25, 0.3) is 10.1 Å². The summed E-state index contributed by atoms with van der Waals surface area (Å²) in [5, 5.41) is 5.80. The van der Waals surface area contributed by atoms with Crippen LogP contribution in [0.2, 0.25) is 0 Å². The first-order valence-electron chi connectivity index (χ1n) is 8.32. The highest BCUT2D eigenvalue weighted by Gasteiger charge is 2.12. The van der Waals surface area contributed by atoms with E-state index in [-0.39, 0.29) is 24.2 Å². The standard InChI is InChI=1S/C16H30N2O5S/c1-14(2)16(20)18-13-15(17-10-12-24(21,22)23)9-7-5-3-4-6-8-11-19/h11,15,17H,1,3-10,12-13H2,2H3,(H,18,20)(H,21,22,23). The van der Waals surface area contributed by atoms with Crippen LogP contribution in [-0.4, -0.2) is 50.0 Å². The molecule has 0 rings (SSSR count). The van der Waals surface area contributed by atoms with E-state index in [9.17, 15) is 18.0 Å². The van der Waals surface area contributed by atoms with Crippen LogP contribution in [0.15, 0.2) is 12.2 Å². The molecule has 1 amide bonds. The number of carbonyl (C=O) groups is 2. The highest BCUT2D eigenvalue weighted by molar-refractivity contribution is 7.85. The minimum atomic E-state index is -3.99.